The molecule has 5 aromatic rings. The highest BCUT2D eigenvalue weighted by Crippen LogP contribution is 2.40. The molecule has 0 aliphatic heterocycles. The largest absolute Gasteiger partial charge is 0.382 e. The standard InChI is InChI=1S/C61H99N15O4S2/c1-15-23-29-44(19-5)39-73(40-45(20-6)30-24-16-2)81(77,78)50-35-27-33-48(37-50)67-69-52-54(60(9,10)11)71-75(56(52)62)58-64-43-65-59(66-58)76-57(63)53(55(72-76)61(12,13)14)70-68-49-34-28-36-51(38-49)82(79,80)74(41-46(21-7)31-25-17-3)42-47(22-8)32-26-18-4/h27-28,33-38,43-47H,15-26,29-32,39-42,62-63H2,1-14H3/b69-67+,70-68+. The van der Waals surface area contributed by atoms with Gasteiger partial charge in [0, 0.05) is 37.0 Å². The van der Waals surface area contributed by atoms with Crippen molar-refractivity contribution in [2.45, 2.75) is 220 Å². The summed E-state index contributed by atoms with van der Waals surface area (Å²) in [6, 6.07) is 13.2. The van der Waals surface area contributed by atoms with E-state index in [1.54, 1.807) is 57.1 Å². The number of hydrogen-bond acceptors (Lipinski definition) is 15. The number of anilines is 2. The van der Waals surface area contributed by atoms with Crippen LogP contribution in [0.25, 0.3) is 11.9 Å². The third-order valence-electron chi connectivity index (χ3n) is 15.6. The van der Waals surface area contributed by atoms with E-state index in [0.717, 1.165) is 103 Å². The Kier molecular flexibility index (Phi) is 25.3. The van der Waals surface area contributed by atoms with Crippen LogP contribution in [0.2, 0.25) is 0 Å². The third-order valence-corrected chi connectivity index (χ3v) is 19.3. The van der Waals surface area contributed by atoms with Crippen molar-refractivity contribution in [3.63, 3.8) is 0 Å². The van der Waals surface area contributed by atoms with Gasteiger partial charge in [-0.25, -0.2) is 16.8 Å². The second-order valence-corrected chi connectivity index (χ2v) is 28.2. The minimum atomic E-state index is -3.90. The molecule has 0 fully saturated rings. The van der Waals surface area contributed by atoms with Gasteiger partial charge in [-0.1, -0.05) is 186 Å². The molecule has 3 aromatic heterocycles. The van der Waals surface area contributed by atoms with Gasteiger partial charge in [0.05, 0.1) is 32.6 Å². The molecule has 4 N–H and O–H groups in total. The van der Waals surface area contributed by atoms with Gasteiger partial charge in [0.1, 0.15) is 6.33 Å². The van der Waals surface area contributed by atoms with Crippen molar-refractivity contribution in [1.82, 2.24) is 43.1 Å². The molecular weight excluding hydrogens is 1070 g/mol. The Morgan fingerprint density at radius 3 is 1.10 bits per heavy atom. The van der Waals surface area contributed by atoms with Gasteiger partial charge in [-0.3, -0.25) is 0 Å². The summed E-state index contributed by atoms with van der Waals surface area (Å²) >= 11 is 0. The second kappa shape index (κ2) is 30.9. The fourth-order valence-electron chi connectivity index (χ4n) is 10.1. The molecule has 2 aromatic carbocycles. The Morgan fingerprint density at radius 2 is 0.817 bits per heavy atom. The fourth-order valence-corrected chi connectivity index (χ4v) is 13.4. The van der Waals surface area contributed by atoms with Crippen LogP contribution in [0.4, 0.5) is 34.4 Å². The van der Waals surface area contributed by atoms with Gasteiger partial charge in [-0.05, 0) is 85.8 Å². The topological polar surface area (TPSA) is 251 Å². The monoisotopic (exact) mass is 1170 g/mol. The van der Waals surface area contributed by atoms with Crippen LogP contribution in [-0.2, 0) is 30.9 Å². The van der Waals surface area contributed by atoms with Crippen molar-refractivity contribution < 1.29 is 16.8 Å². The smallest absolute Gasteiger partial charge is 0.257 e. The van der Waals surface area contributed by atoms with E-state index >= 15 is 0 Å². The molecule has 0 amide bonds. The van der Waals surface area contributed by atoms with Crippen LogP contribution >= 0.6 is 0 Å². The number of sulfonamides is 2. The lowest BCUT2D eigenvalue weighted by Gasteiger charge is -2.30. The van der Waals surface area contributed by atoms with E-state index in [-0.39, 0.29) is 68.4 Å². The number of unbranched alkanes of at least 4 members (excludes halogenated alkanes) is 4. The van der Waals surface area contributed by atoms with Crippen molar-refractivity contribution >= 4 is 54.4 Å². The average Bonchev–Trinajstić information content (AvgIpc) is 3.95. The molecule has 0 aliphatic rings. The van der Waals surface area contributed by atoms with Crippen LogP contribution in [0.3, 0.4) is 0 Å². The number of nitrogens with two attached hydrogens (primary N) is 2. The molecule has 0 bridgehead atoms. The summed E-state index contributed by atoms with van der Waals surface area (Å²) in [4.78, 5) is 14.0. The molecule has 0 spiro atoms. The third kappa shape index (κ3) is 17.8. The summed E-state index contributed by atoms with van der Waals surface area (Å²) in [5, 5.41) is 28.2. The predicted octanol–water partition coefficient (Wildman–Crippen LogP) is 15.7. The van der Waals surface area contributed by atoms with Crippen LogP contribution in [0, 0.1) is 23.7 Å². The lowest BCUT2D eigenvalue weighted by atomic mass is 9.91. The van der Waals surface area contributed by atoms with E-state index in [1.807, 2.05) is 41.5 Å². The SMILES string of the molecule is CCCCC(CC)CN(CC(CC)CCCC)S(=O)(=O)c1cccc(/N=N/c2c(C(C)(C)C)nn(-c3ncnc(-n4nc(C(C)(C)C)c(/N=N/c5cccc(S(=O)(=O)N(CC(CC)CCCC)CC(CC)CCCC)c5)c4N)n3)c2N)c1. The molecule has 19 nitrogen and oxygen atoms in total. The molecule has 0 aliphatic carbocycles. The quantitative estimate of drug-likeness (QED) is 0.0366. The van der Waals surface area contributed by atoms with Crippen molar-refractivity contribution in [2.75, 3.05) is 37.6 Å². The van der Waals surface area contributed by atoms with Gasteiger partial charge in [0.2, 0.25) is 20.0 Å². The maximum absolute atomic E-state index is 14.6. The number of aromatic nitrogens is 7. The highest BCUT2D eigenvalue weighted by Gasteiger charge is 2.33. The highest BCUT2D eigenvalue weighted by atomic mass is 32.2. The Hall–Kier alpha value is -5.51. The van der Waals surface area contributed by atoms with Gasteiger partial charge in [0.15, 0.2) is 23.0 Å². The second-order valence-electron chi connectivity index (χ2n) is 24.3. The Balaban J connectivity index is 1.50. The minimum absolute atomic E-state index is 0.0463. The first-order valence-corrected chi connectivity index (χ1v) is 33.3. The number of nitrogens with zero attached hydrogens (tertiary/aromatic N) is 13. The maximum atomic E-state index is 14.6. The number of nitrogen functional groups attached to an aromatic ring is 2. The summed E-state index contributed by atoms with van der Waals surface area (Å²) in [5.41, 5.74) is 14.8. The number of rotatable bonds is 34. The molecule has 3 heterocycles. The van der Waals surface area contributed by atoms with Crippen molar-refractivity contribution in [2.24, 2.45) is 44.1 Å². The first-order chi connectivity index (χ1) is 38.9. The van der Waals surface area contributed by atoms with Crippen LogP contribution in [0.5, 0.6) is 0 Å². The Labute approximate surface area is 492 Å². The zero-order valence-electron chi connectivity index (χ0n) is 52.1. The first-order valence-electron chi connectivity index (χ1n) is 30.4. The van der Waals surface area contributed by atoms with Crippen LogP contribution < -0.4 is 11.5 Å². The maximum Gasteiger partial charge on any atom is 0.257 e. The normalized spacial score (nSPS) is 14.4. The molecule has 4 unspecified atom stereocenters. The number of benzene rings is 2. The van der Waals surface area contributed by atoms with E-state index < -0.39 is 30.9 Å². The van der Waals surface area contributed by atoms with E-state index in [9.17, 15) is 16.8 Å². The Morgan fingerprint density at radius 1 is 0.500 bits per heavy atom. The number of azo groups is 2. The molecule has 5 rings (SSSR count). The van der Waals surface area contributed by atoms with Crippen molar-refractivity contribution in [3.05, 3.63) is 66.2 Å². The summed E-state index contributed by atoms with van der Waals surface area (Å²) in [7, 11) is -7.79. The van der Waals surface area contributed by atoms with Crippen molar-refractivity contribution in [3.8, 4) is 11.9 Å². The molecule has 0 saturated heterocycles. The zero-order valence-corrected chi connectivity index (χ0v) is 53.7. The average molecular weight is 1170 g/mol. The minimum Gasteiger partial charge on any atom is -0.382 e. The van der Waals surface area contributed by atoms with Gasteiger partial charge in [-0.2, -0.15) is 53.4 Å². The van der Waals surface area contributed by atoms with Gasteiger partial charge < -0.3 is 11.5 Å². The van der Waals surface area contributed by atoms with E-state index in [2.05, 4.69) is 85.8 Å². The summed E-state index contributed by atoms with van der Waals surface area (Å²) in [6.45, 7) is 30.9. The molecule has 4 atom stereocenters. The van der Waals surface area contributed by atoms with E-state index in [0.29, 0.717) is 48.9 Å². The van der Waals surface area contributed by atoms with Crippen LogP contribution in [0.15, 0.2) is 85.1 Å². The van der Waals surface area contributed by atoms with Crippen LogP contribution in [0.1, 0.15) is 211 Å². The molecule has 0 saturated carbocycles. The first kappa shape index (κ1) is 67.3. The van der Waals surface area contributed by atoms with Crippen LogP contribution in [-0.4, -0.2) is 86.1 Å². The highest BCUT2D eigenvalue weighted by molar-refractivity contribution is 7.89. The molecule has 82 heavy (non-hydrogen) atoms. The van der Waals surface area contributed by atoms with E-state index in [1.165, 1.54) is 15.7 Å². The zero-order chi connectivity index (χ0) is 60.4. The summed E-state index contributed by atoms with van der Waals surface area (Å²) in [6.07, 6.45) is 17.3. The van der Waals surface area contributed by atoms with Gasteiger partial charge >= 0.3 is 0 Å². The summed E-state index contributed by atoms with van der Waals surface area (Å²) in [5.74, 6) is 1.28. The van der Waals surface area contributed by atoms with Gasteiger partial charge in [0.25, 0.3) is 11.9 Å². The molecule has 21 heteroatoms. The van der Waals surface area contributed by atoms with Crippen molar-refractivity contribution in [1.29, 1.82) is 0 Å². The lowest BCUT2D eigenvalue weighted by molar-refractivity contribution is 0.270. The lowest BCUT2D eigenvalue weighted by Crippen LogP contribution is -2.39. The van der Waals surface area contributed by atoms with Gasteiger partial charge in [-0.15, -0.1) is 10.2 Å². The molecule has 0 radical (unpaired) electrons. The molecular formula is C61H99N15O4S2. The summed E-state index contributed by atoms with van der Waals surface area (Å²) < 4.78 is 64.7. The Bertz CT molecular complexity index is 2850. The molecule has 454 valence electrons. The number of hydrogen-bond donors (Lipinski definition) is 2. The van der Waals surface area contributed by atoms with E-state index in [4.69, 9.17) is 26.6 Å². The fraction of sp³-hybridized carbons (Fsp3) is 0.656. The predicted molar refractivity (Wildman–Crippen MR) is 332 cm³/mol.